The predicted molar refractivity (Wildman–Crippen MR) is 89.3 cm³/mol. The van der Waals surface area contributed by atoms with Gasteiger partial charge in [-0.05, 0) is 53.2 Å². The number of halogens is 3. The molecule has 2 rings (SSSR count). The van der Waals surface area contributed by atoms with E-state index in [1.807, 2.05) is 0 Å². The maximum atomic E-state index is 12.1. The van der Waals surface area contributed by atoms with E-state index in [0.29, 0.717) is 21.5 Å². The van der Waals surface area contributed by atoms with Gasteiger partial charge in [-0.2, -0.15) is 0 Å². The summed E-state index contributed by atoms with van der Waals surface area (Å²) in [4.78, 5) is 12.1. The minimum Gasteiger partial charge on any atom is -0.479 e. The molecule has 0 fully saturated rings. The molecule has 2 aromatic carbocycles. The van der Waals surface area contributed by atoms with Crippen LogP contribution in [0.1, 0.15) is 6.92 Å². The van der Waals surface area contributed by atoms with Gasteiger partial charge < -0.3 is 10.1 Å². The second-order valence-corrected chi connectivity index (χ2v) is 5.98. The molecule has 0 aromatic heterocycles. The zero-order valence-electron chi connectivity index (χ0n) is 11.1. The van der Waals surface area contributed by atoms with Gasteiger partial charge in [-0.15, -0.1) is 0 Å². The summed E-state index contributed by atoms with van der Waals surface area (Å²) in [6.07, 6.45) is -0.688. The number of nitrogens with one attached hydrogen (secondary N) is 1. The van der Waals surface area contributed by atoms with E-state index in [2.05, 4.69) is 21.2 Å². The first-order valence-corrected chi connectivity index (χ1v) is 7.69. The van der Waals surface area contributed by atoms with E-state index in [0.717, 1.165) is 4.47 Å². The number of benzene rings is 2. The van der Waals surface area contributed by atoms with Crippen molar-refractivity contribution in [1.82, 2.24) is 0 Å². The van der Waals surface area contributed by atoms with E-state index in [4.69, 9.17) is 27.9 Å². The van der Waals surface area contributed by atoms with Gasteiger partial charge >= 0.3 is 0 Å². The summed E-state index contributed by atoms with van der Waals surface area (Å²) in [5.74, 6) is 0.184. The van der Waals surface area contributed by atoms with E-state index >= 15 is 0 Å². The van der Waals surface area contributed by atoms with Gasteiger partial charge in [-0.25, -0.2) is 0 Å². The Morgan fingerprint density at radius 1 is 1.19 bits per heavy atom. The molecule has 1 N–H and O–H groups in total. The molecule has 0 saturated carbocycles. The molecule has 0 spiro atoms. The average molecular weight is 389 g/mol. The summed E-state index contributed by atoms with van der Waals surface area (Å²) in [6.45, 7) is 1.65. The number of ether oxygens (including phenoxy) is 1. The molecule has 2 aromatic rings. The number of hydrogen-bond donors (Lipinski definition) is 1. The minimum atomic E-state index is -0.688. The van der Waals surface area contributed by atoms with Crippen LogP contribution in [-0.4, -0.2) is 12.0 Å². The number of rotatable bonds is 4. The van der Waals surface area contributed by atoms with Crippen LogP contribution >= 0.6 is 39.1 Å². The lowest BCUT2D eigenvalue weighted by Gasteiger charge is -2.15. The molecule has 0 aliphatic rings. The minimum absolute atomic E-state index is 0.284. The molecule has 0 aliphatic heterocycles. The zero-order valence-corrected chi connectivity index (χ0v) is 14.2. The van der Waals surface area contributed by atoms with Crippen LogP contribution in [0, 0.1) is 0 Å². The van der Waals surface area contributed by atoms with Gasteiger partial charge in [-0.3, -0.25) is 4.79 Å². The van der Waals surface area contributed by atoms with Crippen molar-refractivity contribution >= 4 is 50.7 Å². The quantitative estimate of drug-likeness (QED) is 0.785. The van der Waals surface area contributed by atoms with Gasteiger partial charge in [0.2, 0.25) is 0 Å². The second kappa shape index (κ2) is 7.16. The van der Waals surface area contributed by atoms with Crippen molar-refractivity contribution in [2.75, 3.05) is 5.32 Å². The molecule has 21 heavy (non-hydrogen) atoms. The fraction of sp³-hybridized carbons (Fsp3) is 0.133. The van der Waals surface area contributed by atoms with Crippen LogP contribution in [0.5, 0.6) is 5.75 Å². The van der Waals surface area contributed by atoms with Gasteiger partial charge in [0.1, 0.15) is 5.75 Å². The molecule has 110 valence electrons. The largest absolute Gasteiger partial charge is 0.479 e. The molecular weight excluding hydrogens is 377 g/mol. The number of amides is 1. The van der Waals surface area contributed by atoms with Crippen molar-refractivity contribution in [3.8, 4) is 5.75 Å². The Morgan fingerprint density at radius 3 is 2.57 bits per heavy atom. The van der Waals surface area contributed by atoms with Crippen LogP contribution in [0.2, 0.25) is 10.0 Å². The molecule has 6 heteroatoms. The van der Waals surface area contributed by atoms with Gasteiger partial charge in [0.25, 0.3) is 5.91 Å². The van der Waals surface area contributed by atoms with Gasteiger partial charge in [0, 0.05) is 10.2 Å². The number of hydrogen-bond acceptors (Lipinski definition) is 2. The monoisotopic (exact) mass is 387 g/mol. The van der Waals surface area contributed by atoms with E-state index in [-0.39, 0.29) is 5.91 Å². The fourth-order valence-electron chi connectivity index (χ4n) is 1.60. The molecule has 0 radical (unpaired) electrons. The third-order valence-electron chi connectivity index (χ3n) is 2.70. The molecule has 1 amide bonds. The Hall–Kier alpha value is -1.23. The van der Waals surface area contributed by atoms with E-state index < -0.39 is 6.10 Å². The Bertz CT molecular complexity index is 664. The van der Waals surface area contributed by atoms with Crippen molar-refractivity contribution in [1.29, 1.82) is 0 Å². The summed E-state index contributed by atoms with van der Waals surface area (Å²) < 4.78 is 6.31. The van der Waals surface area contributed by atoms with Crippen LogP contribution in [0.25, 0.3) is 0 Å². The van der Waals surface area contributed by atoms with Gasteiger partial charge in [0.05, 0.1) is 10.0 Å². The highest BCUT2D eigenvalue weighted by Gasteiger charge is 2.16. The summed E-state index contributed by atoms with van der Waals surface area (Å²) in [5, 5.41) is 3.72. The number of carbonyl (C=O) groups is 1. The first-order chi connectivity index (χ1) is 9.97. The molecular formula is C15H12BrCl2NO2. The highest BCUT2D eigenvalue weighted by atomic mass is 79.9. The number of para-hydroxylation sites is 1. The standard InChI is InChI=1S/C15H12BrCl2NO2/c1-9(21-14-5-3-2-4-12(14)17)15(20)19-10-6-7-11(16)13(18)8-10/h2-9H,1H3,(H,19,20)/t9-/m0/s1. The second-order valence-electron chi connectivity index (χ2n) is 4.31. The van der Waals surface area contributed by atoms with Crippen molar-refractivity contribution in [3.63, 3.8) is 0 Å². The Morgan fingerprint density at radius 2 is 1.90 bits per heavy atom. The van der Waals surface area contributed by atoms with Crippen molar-refractivity contribution in [2.24, 2.45) is 0 Å². The van der Waals surface area contributed by atoms with Crippen molar-refractivity contribution in [2.45, 2.75) is 13.0 Å². The number of carbonyl (C=O) groups excluding carboxylic acids is 1. The summed E-state index contributed by atoms with van der Waals surface area (Å²) >= 11 is 15.3. The Kier molecular flexibility index (Phi) is 5.51. The van der Waals surface area contributed by atoms with E-state index in [1.54, 1.807) is 49.4 Å². The SMILES string of the molecule is C[C@H](Oc1ccccc1Cl)C(=O)Nc1ccc(Br)c(Cl)c1. The first-order valence-electron chi connectivity index (χ1n) is 6.14. The highest BCUT2D eigenvalue weighted by molar-refractivity contribution is 9.10. The van der Waals surface area contributed by atoms with Crippen LogP contribution < -0.4 is 10.1 Å². The van der Waals surface area contributed by atoms with Crippen LogP contribution in [-0.2, 0) is 4.79 Å². The Balaban J connectivity index is 2.02. The van der Waals surface area contributed by atoms with Crippen molar-refractivity contribution < 1.29 is 9.53 Å². The van der Waals surface area contributed by atoms with Crippen molar-refractivity contribution in [3.05, 3.63) is 57.0 Å². The lowest BCUT2D eigenvalue weighted by molar-refractivity contribution is -0.122. The van der Waals surface area contributed by atoms with Crippen LogP contribution in [0.4, 0.5) is 5.69 Å². The average Bonchev–Trinajstić information content (AvgIpc) is 2.45. The molecule has 0 heterocycles. The topological polar surface area (TPSA) is 38.3 Å². The molecule has 0 bridgehead atoms. The maximum absolute atomic E-state index is 12.1. The molecule has 0 aliphatic carbocycles. The maximum Gasteiger partial charge on any atom is 0.265 e. The van der Waals surface area contributed by atoms with Gasteiger partial charge in [-0.1, -0.05) is 35.3 Å². The zero-order chi connectivity index (χ0) is 15.4. The number of anilines is 1. The fourth-order valence-corrected chi connectivity index (χ4v) is 2.21. The lowest BCUT2D eigenvalue weighted by Crippen LogP contribution is -2.30. The summed E-state index contributed by atoms with van der Waals surface area (Å²) in [7, 11) is 0. The Labute approximate surface area is 141 Å². The normalized spacial score (nSPS) is 11.8. The predicted octanol–water partition coefficient (Wildman–Crippen LogP) is 5.16. The molecule has 3 nitrogen and oxygen atoms in total. The highest BCUT2D eigenvalue weighted by Crippen LogP contribution is 2.26. The third kappa shape index (κ3) is 4.37. The summed E-state index contributed by atoms with van der Waals surface area (Å²) in [5.41, 5.74) is 0.600. The van der Waals surface area contributed by atoms with E-state index in [1.165, 1.54) is 0 Å². The lowest BCUT2D eigenvalue weighted by atomic mass is 10.3. The van der Waals surface area contributed by atoms with Crippen LogP contribution in [0.15, 0.2) is 46.9 Å². The molecule has 1 atom stereocenters. The first kappa shape index (κ1) is 16.1. The summed E-state index contributed by atoms with van der Waals surface area (Å²) in [6, 6.07) is 12.2. The van der Waals surface area contributed by atoms with E-state index in [9.17, 15) is 4.79 Å². The molecule has 0 saturated heterocycles. The third-order valence-corrected chi connectivity index (χ3v) is 4.24. The smallest absolute Gasteiger partial charge is 0.265 e. The molecule has 0 unspecified atom stereocenters. The van der Waals surface area contributed by atoms with Crippen LogP contribution in [0.3, 0.4) is 0 Å². The van der Waals surface area contributed by atoms with Gasteiger partial charge in [0.15, 0.2) is 6.10 Å².